The van der Waals surface area contributed by atoms with Crippen molar-refractivity contribution in [2.75, 3.05) is 12.3 Å². The number of nitrogens with two attached hydrogens (primary N) is 1. The van der Waals surface area contributed by atoms with Crippen LogP contribution in [0.4, 0.5) is 5.69 Å². The maximum absolute atomic E-state index is 12.7. The number of carbonyl (C=O) groups excluding carboxylic acids is 1. The van der Waals surface area contributed by atoms with Crippen LogP contribution < -0.4 is 5.73 Å². The number of hydrogen-bond donors (Lipinski definition) is 1. The molecule has 116 valence electrons. The van der Waals surface area contributed by atoms with Crippen molar-refractivity contribution in [3.8, 4) is 0 Å². The highest BCUT2D eigenvalue weighted by atomic mass is 35.5. The fraction of sp³-hybridized carbons (Fsp3) is 0.588. The molecule has 0 spiro atoms. The van der Waals surface area contributed by atoms with Gasteiger partial charge in [0.15, 0.2) is 0 Å². The highest BCUT2D eigenvalue weighted by molar-refractivity contribution is 5.95. The summed E-state index contributed by atoms with van der Waals surface area (Å²) in [6.45, 7) is 0.952. The number of rotatable bonds is 4. The third kappa shape index (κ3) is 4.13. The largest absolute Gasteiger partial charge is 0.399 e. The zero-order valence-corrected chi connectivity index (χ0v) is 13.3. The number of amides is 1. The molecule has 2 saturated carbocycles. The standard InChI is InChI=1S/C17H24N2O.ClH/c18-15-8-6-14(7-9-15)17(20)19(16-10-11-16)12-13-4-2-1-3-5-13;/h6-9,13,16H,1-5,10-12,18H2;1H. The van der Waals surface area contributed by atoms with Gasteiger partial charge in [0, 0.05) is 23.8 Å². The van der Waals surface area contributed by atoms with Crippen LogP contribution in [0.1, 0.15) is 55.3 Å². The Balaban J connectivity index is 0.00000161. The van der Waals surface area contributed by atoms with E-state index in [0.717, 1.165) is 12.1 Å². The van der Waals surface area contributed by atoms with E-state index in [9.17, 15) is 4.79 Å². The number of anilines is 1. The van der Waals surface area contributed by atoms with Crippen molar-refractivity contribution in [3.63, 3.8) is 0 Å². The molecule has 2 fully saturated rings. The number of hydrogen-bond acceptors (Lipinski definition) is 2. The molecule has 3 rings (SSSR count). The van der Waals surface area contributed by atoms with Crippen LogP contribution in [-0.4, -0.2) is 23.4 Å². The first-order chi connectivity index (χ1) is 9.74. The first-order valence-corrected chi connectivity index (χ1v) is 7.90. The van der Waals surface area contributed by atoms with E-state index in [0.29, 0.717) is 17.6 Å². The highest BCUT2D eigenvalue weighted by Gasteiger charge is 2.34. The Morgan fingerprint density at radius 2 is 1.67 bits per heavy atom. The molecule has 0 saturated heterocycles. The molecule has 21 heavy (non-hydrogen) atoms. The van der Waals surface area contributed by atoms with E-state index in [2.05, 4.69) is 4.90 Å². The van der Waals surface area contributed by atoms with E-state index in [4.69, 9.17) is 5.73 Å². The number of halogens is 1. The molecule has 0 unspecified atom stereocenters. The summed E-state index contributed by atoms with van der Waals surface area (Å²) in [5, 5.41) is 0. The lowest BCUT2D eigenvalue weighted by Gasteiger charge is -2.30. The van der Waals surface area contributed by atoms with Crippen molar-refractivity contribution in [1.29, 1.82) is 0 Å². The second-order valence-corrected chi connectivity index (χ2v) is 6.31. The quantitative estimate of drug-likeness (QED) is 0.858. The molecule has 0 aromatic heterocycles. The predicted molar refractivity (Wildman–Crippen MR) is 88.7 cm³/mol. The third-order valence-corrected chi connectivity index (χ3v) is 4.59. The fourth-order valence-corrected chi connectivity index (χ4v) is 3.22. The zero-order valence-electron chi connectivity index (χ0n) is 12.5. The maximum atomic E-state index is 12.7. The molecule has 1 amide bonds. The van der Waals surface area contributed by atoms with E-state index in [-0.39, 0.29) is 18.3 Å². The Bertz CT molecular complexity index is 464. The maximum Gasteiger partial charge on any atom is 0.254 e. The molecule has 2 N–H and O–H groups in total. The molecule has 0 radical (unpaired) electrons. The van der Waals surface area contributed by atoms with Gasteiger partial charge in [0.2, 0.25) is 0 Å². The minimum absolute atomic E-state index is 0. The van der Waals surface area contributed by atoms with Crippen LogP contribution in [0, 0.1) is 5.92 Å². The number of carbonyl (C=O) groups is 1. The lowest BCUT2D eigenvalue weighted by atomic mass is 9.89. The Kier molecular flexibility index (Phi) is 5.51. The van der Waals surface area contributed by atoms with Crippen molar-refractivity contribution in [1.82, 2.24) is 4.90 Å². The zero-order chi connectivity index (χ0) is 13.9. The Hall–Kier alpha value is -1.22. The van der Waals surface area contributed by atoms with E-state index in [1.165, 1.54) is 44.9 Å². The first-order valence-electron chi connectivity index (χ1n) is 7.90. The van der Waals surface area contributed by atoms with E-state index in [1.807, 2.05) is 24.3 Å². The van der Waals surface area contributed by atoms with Crippen LogP contribution in [0.3, 0.4) is 0 Å². The molecule has 1 aromatic carbocycles. The van der Waals surface area contributed by atoms with Crippen LogP contribution in [0.15, 0.2) is 24.3 Å². The van der Waals surface area contributed by atoms with Gasteiger partial charge in [0.25, 0.3) is 5.91 Å². The summed E-state index contributed by atoms with van der Waals surface area (Å²) in [6.07, 6.45) is 8.96. The molecular formula is C17H25ClN2O. The van der Waals surface area contributed by atoms with Crippen molar-refractivity contribution in [2.24, 2.45) is 5.92 Å². The Labute approximate surface area is 133 Å². The number of nitrogen functional groups attached to an aromatic ring is 1. The van der Waals surface area contributed by atoms with Gasteiger partial charge in [-0.3, -0.25) is 4.79 Å². The van der Waals surface area contributed by atoms with Crippen LogP contribution in [0.25, 0.3) is 0 Å². The monoisotopic (exact) mass is 308 g/mol. The summed E-state index contributed by atoms with van der Waals surface area (Å²) < 4.78 is 0. The van der Waals surface area contributed by atoms with E-state index >= 15 is 0 Å². The van der Waals surface area contributed by atoms with Gasteiger partial charge in [-0.15, -0.1) is 12.4 Å². The SMILES string of the molecule is Cl.Nc1ccc(C(=O)N(CC2CCCCC2)C2CC2)cc1. The average molecular weight is 309 g/mol. The Morgan fingerprint density at radius 3 is 2.24 bits per heavy atom. The van der Waals surface area contributed by atoms with Gasteiger partial charge in [0.05, 0.1) is 0 Å². The van der Waals surface area contributed by atoms with Gasteiger partial charge < -0.3 is 10.6 Å². The number of nitrogens with zero attached hydrogens (tertiary/aromatic N) is 1. The van der Waals surface area contributed by atoms with Gasteiger partial charge in [-0.1, -0.05) is 19.3 Å². The fourth-order valence-electron chi connectivity index (χ4n) is 3.22. The smallest absolute Gasteiger partial charge is 0.254 e. The molecule has 0 aliphatic heterocycles. The predicted octanol–water partition coefficient (Wildman–Crippen LogP) is 3.88. The molecule has 4 heteroatoms. The summed E-state index contributed by atoms with van der Waals surface area (Å²) in [6, 6.07) is 7.83. The highest BCUT2D eigenvalue weighted by Crippen LogP contribution is 2.32. The lowest BCUT2D eigenvalue weighted by molar-refractivity contribution is 0.0699. The lowest BCUT2D eigenvalue weighted by Crippen LogP contribution is -2.37. The third-order valence-electron chi connectivity index (χ3n) is 4.59. The van der Waals surface area contributed by atoms with Gasteiger partial charge >= 0.3 is 0 Å². The van der Waals surface area contributed by atoms with Crippen LogP contribution in [-0.2, 0) is 0 Å². The molecule has 2 aliphatic rings. The second-order valence-electron chi connectivity index (χ2n) is 6.31. The normalized spacial score (nSPS) is 18.9. The first kappa shape index (κ1) is 16.2. The van der Waals surface area contributed by atoms with Gasteiger partial charge in [-0.25, -0.2) is 0 Å². The number of benzene rings is 1. The Morgan fingerprint density at radius 1 is 1.05 bits per heavy atom. The summed E-state index contributed by atoms with van der Waals surface area (Å²) in [5.74, 6) is 0.903. The van der Waals surface area contributed by atoms with Crippen LogP contribution in [0.2, 0.25) is 0 Å². The molecule has 1 aromatic rings. The van der Waals surface area contributed by atoms with Crippen molar-refractivity contribution in [3.05, 3.63) is 29.8 Å². The average Bonchev–Trinajstić information content (AvgIpc) is 3.30. The van der Waals surface area contributed by atoms with E-state index < -0.39 is 0 Å². The summed E-state index contributed by atoms with van der Waals surface area (Å²) in [7, 11) is 0. The molecular weight excluding hydrogens is 284 g/mol. The molecule has 0 heterocycles. The van der Waals surface area contributed by atoms with E-state index in [1.54, 1.807) is 0 Å². The minimum Gasteiger partial charge on any atom is -0.399 e. The molecule has 3 nitrogen and oxygen atoms in total. The minimum atomic E-state index is 0. The topological polar surface area (TPSA) is 46.3 Å². The summed E-state index contributed by atoms with van der Waals surface area (Å²) >= 11 is 0. The van der Waals surface area contributed by atoms with Crippen molar-refractivity contribution in [2.45, 2.75) is 51.0 Å². The van der Waals surface area contributed by atoms with Gasteiger partial charge in [-0.2, -0.15) is 0 Å². The van der Waals surface area contributed by atoms with Crippen molar-refractivity contribution < 1.29 is 4.79 Å². The summed E-state index contributed by atoms with van der Waals surface area (Å²) in [5.41, 5.74) is 7.19. The molecule has 2 aliphatic carbocycles. The van der Waals surface area contributed by atoms with Crippen molar-refractivity contribution >= 4 is 24.0 Å². The van der Waals surface area contributed by atoms with Gasteiger partial charge in [-0.05, 0) is 55.9 Å². The molecule has 0 bridgehead atoms. The van der Waals surface area contributed by atoms with Crippen LogP contribution in [0.5, 0.6) is 0 Å². The van der Waals surface area contributed by atoms with Crippen LogP contribution >= 0.6 is 12.4 Å². The molecule has 0 atom stereocenters. The summed E-state index contributed by atoms with van der Waals surface area (Å²) in [4.78, 5) is 14.8. The van der Waals surface area contributed by atoms with Gasteiger partial charge in [0.1, 0.15) is 0 Å². The second kappa shape index (κ2) is 7.17.